The number of carbonyl (C=O) groups excluding carboxylic acids is 2. The predicted molar refractivity (Wildman–Crippen MR) is 107 cm³/mol. The Morgan fingerprint density at radius 2 is 1.86 bits per heavy atom. The van der Waals surface area contributed by atoms with E-state index >= 15 is 0 Å². The Morgan fingerprint density at radius 3 is 2.61 bits per heavy atom. The van der Waals surface area contributed by atoms with Crippen LogP contribution < -0.4 is 15.5 Å². The van der Waals surface area contributed by atoms with Gasteiger partial charge in [0, 0.05) is 30.8 Å². The molecule has 2 N–H and O–H groups in total. The van der Waals surface area contributed by atoms with Crippen molar-refractivity contribution < 1.29 is 19.1 Å². The summed E-state index contributed by atoms with van der Waals surface area (Å²) >= 11 is 5.87. The van der Waals surface area contributed by atoms with Crippen molar-refractivity contribution in [3.05, 3.63) is 64.7 Å². The molecule has 0 atom stereocenters. The normalized spacial score (nSPS) is 10.6. The number of ether oxygens (including phenoxy) is 2. The molecule has 2 amide bonds. The van der Waals surface area contributed by atoms with Crippen LogP contribution in [-0.4, -0.2) is 38.3 Å². The summed E-state index contributed by atoms with van der Waals surface area (Å²) < 4.78 is 10.7. The summed E-state index contributed by atoms with van der Waals surface area (Å²) in [7, 11) is 1.57. The fraction of sp³-hybridized carbons (Fsp3) is 0.250. The van der Waals surface area contributed by atoms with Crippen LogP contribution in [0.2, 0.25) is 5.02 Å². The molecule has 2 aromatic carbocycles. The molecule has 0 radical (unpaired) electrons. The summed E-state index contributed by atoms with van der Waals surface area (Å²) in [5.74, 6) is -0.992. The zero-order valence-corrected chi connectivity index (χ0v) is 16.2. The first kappa shape index (κ1) is 21.4. The van der Waals surface area contributed by atoms with Crippen molar-refractivity contribution in [3.8, 4) is 5.75 Å². The summed E-state index contributed by atoms with van der Waals surface area (Å²) in [5.41, 5.74) is 3.83. The third-order valence-electron chi connectivity index (χ3n) is 3.61. The summed E-state index contributed by atoms with van der Waals surface area (Å²) in [6, 6.07) is 14.6. The Morgan fingerprint density at radius 1 is 1.11 bits per heavy atom. The van der Waals surface area contributed by atoms with Crippen LogP contribution in [0.5, 0.6) is 5.75 Å². The van der Waals surface area contributed by atoms with Crippen LogP contribution in [0.1, 0.15) is 17.5 Å². The molecule has 0 aliphatic rings. The zero-order chi connectivity index (χ0) is 20.2. The van der Waals surface area contributed by atoms with Gasteiger partial charge < -0.3 is 14.8 Å². The summed E-state index contributed by atoms with van der Waals surface area (Å²) in [4.78, 5) is 23.3. The van der Waals surface area contributed by atoms with Crippen LogP contribution in [0, 0.1) is 0 Å². The number of hydrogen-bond donors (Lipinski definition) is 2. The Balaban J connectivity index is 1.86. The highest BCUT2D eigenvalue weighted by molar-refractivity contribution is 6.35. The molecule has 0 aliphatic heterocycles. The van der Waals surface area contributed by atoms with Crippen LogP contribution in [-0.2, 0) is 20.9 Å². The second-order valence-electron chi connectivity index (χ2n) is 5.75. The molecule has 28 heavy (non-hydrogen) atoms. The van der Waals surface area contributed by atoms with Gasteiger partial charge in [0.1, 0.15) is 12.4 Å². The molecular formula is C20H22ClN3O4. The highest BCUT2D eigenvalue weighted by Crippen LogP contribution is 2.18. The lowest BCUT2D eigenvalue weighted by Gasteiger charge is -2.09. The molecule has 0 saturated heterocycles. The fourth-order valence-electron chi connectivity index (χ4n) is 2.17. The lowest BCUT2D eigenvalue weighted by molar-refractivity contribution is -0.139. The molecule has 0 unspecified atom stereocenters. The van der Waals surface area contributed by atoms with Crippen molar-refractivity contribution in [1.29, 1.82) is 0 Å². The molecule has 0 aliphatic carbocycles. The van der Waals surface area contributed by atoms with Gasteiger partial charge in [-0.05, 0) is 36.2 Å². The lowest BCUT2D eigenvalue weighted by atomic mass is 10.2. The van der Waals surface area contributed by atoms with E-state index < -0.39 is 11.8 Å². The number of nitrogens with zero attached hydrogens (tertiary/aromatic N) is 1. The minimum absolute atomic E-state index is 0.352. The molecule has 0 bridgehead atoms. The number of benzene rings is 2. The zero-order valence-electron chi connectivity index (χ0n) is 15.5. The van der Waals surface area contributed by atoms with Crippen molar-refractivity contribution in [2.24, 2.45) is 5.10 Å². The molecular weight excluding hydrogens is 382 g/mol. The topological polar surface area (TPSA) is 89.0 Å². The van der Waals surface area contributed by atoms with Gasteiger partial charge in [-0.1, -0.05) is 35.9 Å². The van der Waals surface area contributed by atoms with Crippen LogP contribution >= 0.6 is 11.6 Å². The first-order valence-corrected chi connectivity index (χ1v) is 9.04. The number of carbonyl (C=O) groups is 2. The predicted octanol–water partition coefficient (Wildman–Crippen LogP) is 2.52. The van der Waals surface area contributed by atoms with Gasteiger partial charge in [0.25, 0.3) is 0 Å². The second kappa shape index (κ2) is 11.7. The SMILES string of the molecule is COCCCNC(=O)C(=O)N/N=C\c1ccccc1OCc1ccc(Cl)cc1. The van der Waals surface area contributed by atoms with E-state index in [4.69, 9.17) is 21.1 Å². The molecule has 0 fully saturated rings. The second-order valence-corrected chi connectivity index (χ2v) is 6.19. The minimum Gasteiger partial charge on any atom is -0.488 e. The molecule has 8 heteroatoms. The molecule has 0 aromatic heterocycles. The maximum atomic E-state index is 11.7. The number of hydrazone groups is 1. The van der Waals surface area contributed by atoms with E-state index in [2.05, 4.69) is 15.8 Å². The maximum Gasteiger partial charge on any atom is 0.329 e. The van der Waals surface area contributed by atoms with Gasteiger partial charge >= 0.3 is 11.8 Å². The number of rotatable bonds is 9. The summed E-state index contributed by atoms with van der Waals surface area (Å²) in [6.45, 7) is 1.22. The highest BCUT2D eigenvalue weighted by Gasteiger charge is 2.11. The van der Waals surface area contributed by atoms with E-state index in [1.54, 1.807) is 31.4 Å². The Kier molecular flexibility index (Phi) is 8.97. The van der Waals surface area contributed by atoms with Gasteiger partial charge in [0.05, 0.1) is 6.21 Å². The first-order valence-electron chi connectivity index (χ1n) is 8.66. The van der Waals surface area contributed by atoms with Crippen molar-refractivity contribution >= 4 is 29.6 Å². The third-order valence-corrected chi connectivity index (χ3v) is 3.87. The van der Waals surface area contributed by atoms with Gasteiger partial charge in [-0.3, -0.25) is 9.59 Å². The highest BCUT2D eigenvalue weighted by atomic mass is 35.5. The molecule has 2 rings (SSSR count). The van der Waals surface area contributed by atoms with Crippen LogP contribution in [0.25, 0.3) is 0 Å². The van der Waals surface area contributed by atoms with Crippen LogP contribution in [0.3, 0.4) is 0 Å². The van der Waals surface area contributed by atoms with Gasteiger partial charge in [-0.2, -0.15) is 5.10 Å². The van der Waals surface area contributed by atoms with E-state index in [9.17, 15) is 9.59 Å². The molecule has 2 aromatic rings. The largest absolute Gasteiger partial charge is 0.488 e. The summed E-state index contributed by atoms with van der Waals surface area (Å²) in [6.07, 6.45) is 2.05. The van der Waals surface area contributed by atoms with Crippen molar-refractivity contribution in [3.63, 3.8) is 0 Å². The standard InChI is InChI=1S/C20H22ClN3O4/c1-27-12-4-11-22-19(25)20(26)24-23-13-16-5-2-3-6-18(16)28-14-15-7-9-17(21)10-8-15/h2-3,5-10,13H,4,11-12,14H2,1H3,(H,22,25)(H,24,26)/b23-13-. The Bertz CT molecular complexity index is 809. The van der Waals surface area contributed by atoms with Crippen molar-refractivity contribution in [2.75, 3.05) is 20.3 Å². The monoisotopic (exact) mass is 403 g/mol. The molecule has 0 heterocycles. The molecule has 148 valence electrons. The van der Waals surface area contributed by atoms with Crippen molar-refractivity contribution in [1.82, 2.24) is 10.7 Å². The molecule has 7 nitrogen and oxygen atoms in total. The van der Waals surface area contributed by atoms with Crippen LogP contribution in [0.15, 0.2) is 53.6 Å². The quantitative estimate of drug-likeness (QED) is 0.291. The number of nitrogens with one attached hydrogen (secondary N) is 2. The fourth-order valence-corrected chi connectivity index (χ4v) is 2.30. The van der Waals surface area contributed by atoms with Gasteiger partial charge in [0.15, 0.2) is 0 Å². The van der Waals surface area contributed by atoms with E-state index in [1.165, 1.54) is 6.21 Å². The third kappa shape index (κ3) is 7.38. The smallest absolute Gasteiger partial charge is 0.329 e. The van der Waals surface area contributed by atoms with Gasteiger partial charge in [-0.25, -0.2) is 5.43 Å². The van der Waals surface area contributed by atoms with E-state index in [1.807, 2.05) is 24.3 Å². The Labute approximate surface area is 168 Å². The van der Waals surface area contributed by atoms with Gasteiger partial charge in [0.2, 0.25) is 0 Å². The molecule has 0 spiro atoms. The Hall–Kier alpha value is -2.90. The lowest BCUT2D eigenvalue weighted by Crippen LogP contribution is -2.38. The number of methoxy groups -OCH3 is 1. The van der Waals surface area contributed by atoms with E-state index in [0.717, 1.165) is 5.56 Å². The number of amides is 2. The van der Waals surface area contributed by atoms with E-state index in [-0.39, 0.29) is 0 Å². The average Bonchev–Trinajstić information content (AvgIpc) is 2.71. The number of para-hydroxylation sites is 1. The number of hydrogen-bond acceptors (Lipinski definition) is 5. The average molecular weight is 404 g/mol. The summed E-state index contributed by atoms with van der Waals surface area (Å²) in [5, 5.41) is 6.97. The molecule has 0 saturated carbocycles. The van der Waals surface area contributed by atoms with Crippen LogP contribution in [0.4, 0.5) is 0 Å². The van der Waals surface area contributed by atoms with Crippen molar-refractivity contribution in [2.45, 2.75) is 13.0 Å². The van der Waals surface area contributed by atoms with E-state index in [0.29, 0.717) is 42.5 Å². The number of halogens is 1. The van der Waals surface area contributed by atoms with Gasteiger partial charge in [-0.15, -0.1) is 0 Å². The maximum absolute atomic E-state index is 11.7. The minimum atomic E-state index is -0.840. The first-order chi connectivity index (χ1) is 13.6.